The van der Waals surface area contributed by atoms with Gasteiger partial charge in [-0.3, -0.25) is 0 Å². The predicted octanol–water partition coefficient (Wildman–Crippen LogP) is 2.21. The van der Waals surface area contributed by atoms with E-state index in [-0.39, 0.29) is 0 Å². The summed E-state index contributed by atoms with van der Waals surface area (Å²) in [6, 6.07) is 4.85. The Kier molecular flexibility index (Phi) is 5.65. The quantitative estimate of drug-likeness (QED) is 0.854. The number of hydrogen-bond donors (Lipinski definition) is 1. The summed E-state index contributed by atoms with van der Waals surface area (Å²) in [4.78, 5) is 0.295. The van der Waals surface area contributed by atoms with E-state index in [1.807, 2.05) is 0 Å². The standard InChI is InChI=1S/C14H21BrN2O3S/c1-20-14-5-4-12(9-13(14)15)21(18,19)17-8-2-3-11(10-17)6-7-16/h4-5,9,11H,2-3,6-8,10,16H2,1H3. The van der Waals surface area contributed by atoms with Crippen molar-refractivity contribution < 1.29 is 13.2 Å². The van der Waals surface area contributed by atoms with Crippen LogP contribution in [0.3, 0.4) is 0 Å². The Morgan fingerprint density at radius 2 is 2.24 bits per heavy atom. The first-order valence-corrected chi connectivity index (χ1v) is 9.26. The molecule has 0 radical (unpaired) electrons. The van der Waals surface area contributed by atoms with Crippen molar-refractivity contribution >= 4 is 26.0 Å². The van der Waals surface area contributed by atoms with Gasteiger partial charge in [0.15, 0.2) is 0 Å². The first-order valence-electron chi connectivity index (χ1n) is 7.02. The molecule has 7 heteroatoms. The molecule has 0 bridgehead atoms. The third-order valence-corrected chi connectivity index (χ3v) is 6.30. The molecule has 21 heavy (non-hydrogen) atoms. The molecule has 5 nitrogen and oxygen atoms in total. The monoisotopic (exact) mass is 376 g/mol. The topological polar surface area (TPSA) is 72.6 Å². The van der Waals surface area contributed by atoms with E-state index in [9.17, 15) is 8.42 Å². The van der Waals surface area contributed by atoms with E-state index in [1.165, 1.54) is 0 Å². The van der Waals surface area contributed by atoms with Gasteiger partial charge in [-0.1, -0.05) is 0 Å². The average molecular weight is 377 g/mol. The Bertz CT molecular complexity index is 590. The predicted molar refractivity (Wildman–Crippen MR) is 85.8 cm³/mol. The Morgan fingerprint density at radius 3 is 2.86 bits per heavy atom. The van der Waals surface area contributed by atoms with E-state index < -0.39 is 10.0 Å². The normalized spacial score (nSPS) is 20.4. The zero-order chi connectivity index (χ0) is 15.5. The molecule has 1 aromatic rings. The van der Waals surface area contributed by atoms with Crippen LogP contribution in [-0.4, -0.2) is 39.5 Å². The molecular weight excluding hydrogens is 356 g/mol. The number of ether oxygens (including phenoxy) is 1. The minimum absolute atomic E-state index is 0.295. The van der Waals surface area contributed by atoms with Crippen molar-refractivity contribution in [2.24, 2.45) is 11.7 Å². The van der Waals surface area contributed by atoms with Crippen molar-refractivity contribution in [3.8, 4) is 5.75 Å². The van der Waals surface area contributed by atoms with Crippen LogP contribution in [0.1, 0.15) is 19.3 Å². The largest absolute Gasteiger partial charge is 0.496 e. The Balaban J connectivity index is 2.23. The van der Waals surface area contributed by atoms with Crippen LogP contribution >= 0.6 is 15.9 Å². The molecule has 1 heterocycles. The lowest BCUT2D eigenvalue weighted by atomic mass is 9.96. The molecule has 1 fully saturated rings. The summed E-state index contributed by atoms with van der Waals surface area (Å²) in [7, 11) is -1.90. The molecule has 1 aliphatic rings. The van der Waals surface area contributed by atoms with Gasteiger partial charge in [0.25, 0.3) is 0 Å². The number of hydrogen-bond acceptors (Lipinski definition) is 4. The van der Waals surface area contributed by atoms with Crippen LogP contribution in [0.4, 0.5) is 0 Å². The fraction of sp³-hybridized carbons (Fsp3) is 0.571. The summed E-state index contributed by atoms with van der Waals surface area (Å²) >= 11 is 3.34. The fourth-order valence-electron chi connectivity index (χ4n) is 2.67. The highest BCUT2D eigenvalue weighted by Crippen LogP contribution is 2.30. The number of rotatable bonds is 5. The van der Waals surface area contributed by atoms with E-state index in [4.69, 9.17) is 10.5 Å². The van der Waals surface area contributed by atoms with Crippen LogP contribution in [0.25, 0.3) is 0 Å². The van der Waals surface area contributed by atoms with Crippen molar-refractivity contribution in [2.75, 3.05) is 26.7 Å². The van der Waals surface area contributed by atoms with Gasteiger partial charge >= 0.3 is 0 Å². The summed E-state index contributed by atoms with van der Waals surface area (Å²) in [5.74, 6) is 0.980. The Labute approximate surface area is 134 Å². The van der Waals surface area contributed by atoms with Crippen molar-refractivity contribution in [2.45, 2.75) is 24.2 Å². The van der Waals surface area contributed by atoms with E-state index in [0.717, 1.165) is 19.3 Å². The van der Waals surface area contributed by atoms with Gasteiger partial charge in [-0.25, -0.2) is 8.42 Å². The molecule has 1 unspecified atom stereocenters. The summed E-state index contributed by atoms with van der Waals surface area (Å²) in [5, 5.41) is 0. The van der Waals surface area contributed by atoms with Gasteiger partial charge < -0.3 is 10.5 Å². The van der Waals surface area contributed by atoms with Crippen LogP contribution in [0.5, 0.6) is 5.75 Å². The molecular formula is C14H21BrN2O3S. The maximum atomic E-state index is 12.7. The molecule has 118 valence electrons. The van der Waals surface area contributed by atoms with Gasteiger partial charge in [0.2, 0.25) is 10.0 Å². The van der Waals surface area contributed by atoms with Gasteiger partial charge in [0.05, 0.1) is 16.5 Å². The number of methoxy groups -OCH3 is 1. The van der Waals surface area contributed by atoms with Crippen LogP contribution in [0.2, 0.25) is 0 Å². The number of halogens is 1. The number of sulfonamides is 1. The molecule has 1 atom stereocenters. The summed E-state index contributed by atoms with van der Waals surface area (Å²) in [5.41, 5.74) is 5.59. The van der Waals surface area contributed by atoms with E-state index in [1.54, 1.807) is 29.6 Å². The Morgan fingerprint density at radius 1 is 1.48 bits per heavy atom. The zero-order valence-corrected chi connectivity index (χ0v) is 14.5. The minimum Gasteiger partial charge on any atom is -0.496 e. The molecule has 2 N–H and O–H groups in total. The van der Waals surface area contributed by atoms with E-state index in [0.29, 0.717) is 40.7 Å². The molecule has 2 rings (SSSR count). The lowest BCUT2D eigenvalue weighted by molar-refractivity contribution is 0.258. The zero-order valence-electron chi connectivity index (χ0n) is 12.1. The third kappa shape index (κ3) is 3.77. The molecule has 0 aliphatic carbocycles. The molecule has 0 amide bonds. The molecule has 1 aromatic carbocycles. The van der Waals surface area contributed by atoms with Crippen molar-refractivity contribution in [1.29, 1.82) is 0 Å². The minimum atomic E-state index is -3.45. The van der Waals surface area contributed by atoms with Crippen LogP contribution < -0.4 is 10.5 Å². The lowest BCUT2D eigenvalue weighted by Crippen LogP contribution is -2.40. The Hall–Kier alpha value is -0.630. The van der Waals surface area contributed by atoms with Crippen LogP contribution in [0.15, 0.2) is 27.6 Å². The van der Waals surface area contributed by atoms with Gasteiger partial charge in [-0.2, -0.15) is 4.31 Å². The molecule has 1 aliphatic heterocycles. The molecule has 0 aromatic heterocycles. The van der Waals surface area contributed by atoms with E-state index >= 15 is 0 Å². The molecule has 1 saturated heterocycles. The highest BCUT2D eigenvalue weighted by molar-refractivity contribution is 9.10. The second kappa shape index (κ2) is 7.09. The summed E-state index contributed by atoms with van der Waals surface area (Å²) in [6.07, 6.45) is 2.81. The third-order valence-electron chi connectivity index (χ3n) is 3.82. The second-order valence-corrected chi connectivity index (χ2v) is 8.04. The van der Waals surface area contributed by atoms with Crippen molar-refractivity contribution in [1.82, 2.24) is 4.31 Å². The first-order chi connectivity index (χ1) is 9.98. The lowest BCUT2D eigenvalue weighted by Gasteiger charge is -2.31. The highest BCUT2D eigenvalue weighted by atomic mass is 79.9. The van der Waals surface area contributed by atoms with Crippen molar-refractivity contribution in [3.05, 3.63) is 22.7 Å². The smallest absolute Gasteiger partial charge is 0.243 e. The molecule has 0 spiro atoms. The van der Waals surface area contributed by atoms with Gasteiger partial charge in [-0.05, 0) is 65.9 Å². The van der Waals surface area contributed by atoms with Crippen molar-refractivity contribution in [3.63, 3.8) is 0 Å². The van der Waals surface area contributed by atoms with Gasteiger partial charge in [0, 0.05) is 13.1 Å². The molecule has 0 saturated carbocycles. The van der Waals surface area contributed by atoms with Gasteiger partial charge in [-0.15, -0.1) is 0 Å². The van der Waals surface area contributed by atoms with Crippen LogP contribution in [-0.2, 0) is 10.0 Å². The number of nitrogens with zero attached hydrogens (tertiary/aromatic N) is 1. The second-order valence-electron chi connectivity index (χ2n) is 5.25. The first kappa shape index (κ1) is 16.7. The SMILES string of the molecule is COc1ccc(S(=O)(=O)N2CCCC(CCN)C2)cc1Br. The maximum absolute atomic E-state index is 12.7. The summed E-state index contributed by atoms with van der Waals surface area (Å²) in [6.45, 7) is 1.74. The van der Waals surface area contributed by atoms with E-state index in [2.05, 4.69) is 15.9 Å². The maximum Gasteiger partial charge on any atom is 0.243 e. The highest BCUT2D eigenvalue weighted by Gasteiger charge is 2.30. The average Bonchev–Trinajstić information content (AvgIpc) is 2.48. The fourth-order valence-corrected chi connectivity index (χ4v) is 4.95. The number of piperidine rings is 1. The van der Waals surface area contributed by atoms with Gasteiger partial charge in [0.1, 0.15) is 5.75 Å². The van der Waals surface area contributed by atoms with Crippen LogP contribution in [0, 0.1) is 5.92 Å². The number of nitrogens with two attached hydrogens (primary N) is 1. The summed E-state index contributed by atoms with van der Waals surface area (Å²) < 4.78 is 32.8. The number of benzene rings is 1.